The minimum Gasteiger partial charge on any atom is -0.507 e. The van der Waals surface area contributed by atoms with Gasteiger partial charge >= 0.3 is 5.97 Å². The lowest BCUT2D eigenvalue weighted by Crippen LogP contribution is -2.45. The van der Waals surface area contributed by atoms with E-state index in [1.54, 1.807) is 19.9 Å². The highest BCUT2D eigenvalue weighted by molar-refractivity contribution is 7.80. The molecule has 0 fully saturated rings. The average Bonchev–Trinajstić information content (AvgIpc) is 2.80. The van der Waals surface area contributed by atoms with Crippen LogP contribution in [0.2, 0.25) is 0 Å². The number of esters is 1. The maximum absolute atomic E-state index is 12.8. The van der Waals surface area contributed by atoms with Gasteiger partial charge in [-0.1, -0.05) is 38.5 Å². The number of nitrogens with zero attached hydrogens (tertiary/aromatic N) is 1. The maximum Gasteiger partial charge on any atom is 0.338 e. The molecule has 1 atom stereocenters. The summed E-state index contributed by atoms with van der Waals surface area (Å²) in [6, 6.07) is 10.9. The Morgan fingerprint density at radius 3 is 2.51 bits per heavy atom. The van der Waals surface area contributed by atoms with Crippen molar-refractivity contribution in [3.63, 3.8) is 0 Å². The number of aryl methyl sites for hydroxylation is 1. The molecule has 37 heavy (non-hydrogen) atoms. The van der Waals surface area contributed by atoms with E-state index in [9.17, 15) is 9.90 Å². The number of anilines is 1. The Kier molecular flexibility index (Phi) is 8.88. The van der Waals surface area contributed by atoms with Gasteiger partial charge in [-0.2, -0.15) is 5.10 Å². The topological polar surface area (TPSA) is 107 Å². The van der Waals surface area contributed by atoms with E-state index in [-0.39, 0.29) is 12.4 Å². The van der Waals surface area contributed by atoms with Crippen molar-refractivity contribution in [2.45, 2.75) is 53.0 Å². The van der Waals surface area contributed by atoms with E-state index >= 15 is 0 Å². The largest absolute Gasteiger partial charge is 0.507 e. The van der Waals surface area contributed by atoms with Crippen LogP contribution >= 0.6 is 24.4 Å². The molecule has 1 heterocycles. The van der Waals surface area contributed by atoms with Crippen LogP contribution in [0, 0.1) is 6.92 Å². The highest BCUT2D eigenvalue weighted by Gasteiger charge is 2.32. The number of phenols is 1. The number of hydrogen-bond donors (Lipinski definition) is 5. The molecule has 2 aromatic carbocycles. The number of carbonyl (C=O) groups is 1. The number of allylic oxidation sites excluding steroid dienone is 1. The summed E-state index contributed by atoms with van der Waals surface area (Å²) in [5.41, 5.74) is 7.29. The van der Waals surface area contributed by atoms with Crippen LogP contribution in [0.4, 0.5) is 5.69 Å². The SMILES string of the molecule is CCOC(=O)C1=C(C)NC(=S)NC1c1cc(/C=N/NC(=S)Nc2ccc(C)cc2)c(O)c(C(C)(C)C)c1. The summed E-state index contributed by atoms with van der Waals surface area (Å²) in [6.07, 6.45) is 1.50. The van der Waals surface area contributed by atoms with Crippen molar-refractivity contribution in [1.29, 1.82) is 0 Å². The first-order chi connectivity index (χ1) is 17.4. The molecule has 196 valence electrons. The summed E-state index contributed by atoms with van der Waals surface area (Å²) < 4.78 is 5.31. The molecule has 8 nitrogen and oxygen atoms in total. The predicted octanol–water partition coefficient (Wildman–Crippen LogP) is 4.67. The van der Waals surface area contributed by atoms with Crippen molar-refractivity contribution in [3.05, 3.63) is 69.9 Å². The molecule has 1 aliphatic rings. The molecule has 1 aliphatic heterocycles. The van der Waals surface area contributed by atoms with Gasteiger partial charge in [0.2, 0.25) is 0 Å². The second kappa shape index (κ2) is 11.7. The molecule has 1 unspecified atom stereocenters. The first-order valence-corrected chi connectivity index (χ1v) is 12.7. The van der Waals surface area contributed by atoms with Crippen molar-refractivity contribution in [3.8, 4) is 5.75 Å². The summed E-state index contributed by atoms with van der Waals surface area (Å²) in [5.74, 6) is -0.351. The van der Waals surface area contributed by atoms with E-state index in [4.69, 9.17) is 29.2 Å². The third-order valence-electron chi connectivity index (χ3n) is 5.75. The first kappa shape index (κ1) is 28.1. The minimum absolute atomic E-state index is 0.0918. The zero-order chi connectivity index (χ0) is 27.3. The summed E-state index contributed by atoms with van der Waals surface area (Å²) in [5, 5.41) is 25.3. The van der Waals surface area contributed by atoms with Crippen molar-refractivity contribution >= 4 is 52.5 Å². The Morgan fingerprint density at radius 2 is 1.89 bits per heavy atom. The summed E-state index contributed by atoms with van der Waals surface area (Å²) >= 11 is 10.7. The van der Waals surface area contributed by atoms with Crippen LogP contribution < -0.4 is 21.4 Å². The number of phenolic OH excluding ortho intramolecular Hbond substituents is 1. The molecule has 0 amide bonds. The first-order valence-electron chi connectivity index (χ1n) is 11.9. The summed E-state index contributed by atoms with van der Waals surface area (Å²) in [6.45, 7) is 11.8. The molecule has 0 spiro atoms. The number of hydrogen-bond acceptors (Lipinski definition) is 6. The highest BCUT2D eigenvalue weighted by Crippen LogP contribution is 2.37. The van der Waals surface area contributed by atoms with Gasteiger partial charge in [0.1, 0.15) is 5.75 Å². The Bertz CT molecular complexity index is 1260. The van der Waals surface area contributed by atoms with Crippen LogP contribution in [0.3, 0.4) is 0 Å². The zero-order valence-corrected chi connectivity index (χ0v) is 23.5. The van der Waals surface area contributed by atoms with Crippen LogP contribution in [-0.2, 0) is 14.9 Å². The van der Waals surface area contributed by atoms with Crippen LogP contribution in [-0.4, -0.2) is 34.1 Å². The van der Waals surface area contributed by atoms with Gasteiger partial charge in [-0.15, -0.1) is 0 Å². The van der Waals surface area contributed by atoms with Crippen molar-refractivity contribution < 1.29 is 14.6 Å². The Morgan fingerprint density at radius 1 is 1.22 bits per heavy atom. The van der Waals surface area contributed by atoms with E-state index in [0.717, 1.165) is 16.8 Å². The second-order valence-electron chi connectivity index (χ2n) is 9.74. The highest BCUT2D eigenvalue weighted by atomic mass is 32.1. The molecule has 0 saturated carbocycles. The number of thiocarbonyl (C=S) groups is 2. The van der Waals surface area contributed by atoms with Crippen LogP contribution in [0.25, 0.3) is 0 Å². The third-order valence-corrected chi connectivity index (χ3v) is 6.16. The second-order valence-corrected chi connectivity index (χ2v) is 10.6. The van der Waals surface area contributed by atoms with E-state index in [2.05, 4.69) is 26.5 Å². The van der Waals surface area contributed by atoms with Crippen molar-refractivity contribution in [1.82, 2.24) is 16.1 Å². The van der Waals surface area contributed by atoms with E-state index in [1.165, 1.54) is 6.21 Å². The van der Waals surface area contributed by atoms with Gasteiger partial charge in [0.05, 0.1) is 24.4 Å². The third kappa shape index (κ3) is 7.05. The van der Waals surface area contributed by atoms with Gasteiger partial charge in [-0.25, -0.2) is 4.79 Å². The number of nitrogens with one attached hydrogen (secondary N) is 4. The molecule has 5 N–H and O–H groups in total. The average molecular weight is 540 g/mol. The van der Waals surface area contributed by atoms with E-state index in [0.29, 0.717) is 32.6 Å². The van der Waals surface area contributed by atoms with E-state index < -0.39 is 17.4 Å². The van der Waals surface area contributed by atoms with Gasteiger partial charge in [0.25, 0.3) is 0 Å². The van der Waals surface area contributed by atoms with Crippen LogP contribution in [0.1, 0.15) is 62.9 Å². The predicted molar refractivity (Wildman–Crippen MR) is 156 cm³/mol. The summed E-state index contributed by atoms with van der Waals surface area (Å²) in [7, 11) is 0. The molecule has 0 aromatic heterocycles. The Hall–Kier alpha value is -3.50. The summed E-state index contributed by atoms with van der Waals surface area (Å²) in [4.78, 5) is 12.8. The van der Waals surface area contributed by atoms with Crippen LogP contribution in [0.5, 0.6) is 5.75 Å². The number of carbonyl (C=O) groups excluding carboxylic acids is 1. The normalized spacial score (nSPS) is 15.7. The number of rotatable bonds is 6. The van der Waals surface area contributed by atoms with Crippen molar-refractivity contribution in [2.24, 2.45) is 5.10 Å². The smallest absolute Gasteiger partial charge is 0.338 e. The minimum atomic E-state index is -0.570. The Labute approximate surface area is 228 Å². The number of benzene rings is 2. The molecule has 0 bridgehead atoms. The molecule has 10 heteroatoms. The number of hydrazone groups is 1. The Balaban J connectivity index is 1.96. The fourth-order valence-corrected chi connectivity index (χ4v) is 4.34. The maximum atomic E-state index is 12.8. The monoisotopic (exact) mass is 539 g/mol. The van der Waals surface area contributed by atoms with Gasteiger partial charge in [-0.3, -0.25) is 5.43 Å². The zero-order valence-electron chi connectivity index (χ0n) is 21.9. The van der Waals surface area contributed by atoms with Gasteiger partial charge in [0, 0.05) is 22.5 Å². The molecule has 0 radical (unpaired) electrons. The molecule has 2 aromatic rings. The number of ether oxygens (including phenoxy) is 1. The lowest BCUT2D eigenvalue weighted by atomic mass is 9.82. The van der Waals surface area contributed by atoms with Gasteiger partial charge in [0.15, 0.2) is 10.2 Å². The fraction of sp³-hybridized carbons (Fsp3) is 0.333. The molecule has 3 rings (SSSR count). The van der Waals surface area contributed by atoms with Crippen molar-refractivity contribution in [2.75, 3.05) is 11.9 Å². The lowest BCUT2D eigenvalue weighted by molar-refractivity contribution is -0.139. The van der Waals surface area contributed by atoms with E-state index in [1.807, 2.05) is 58.0 Å². The van der Waals surface area contributed by atoms with Gasteiger partial charge in [-0.05, 0) is 80.5 Å². The standard InChI is InChI=1S/C27H33N5O3S2/c1-7-35-24(34)21-16(3)29-25(36)31-22(21)17-12-18(23(33)20(13-17)27(4,5)6)14-28-32-26(37)30-19-10-8-15(2)9-11-19/h8-14,22,33H,7H2,1-6H3,(H2,29,31,36)(H2,30,32,37)/b28-14+. The molecular formula is C27H33N5O3S2. The lowest BCUT2D eigenvalue weighted by Gasteiger charge is -2.31. The molecule has 0 aliphatic carbocycles. The molecule has 0 saturated heterocycles. The quantitative estimate of drug-likeness (QED) is 0.155. The number of aromatic hydroxyl groups is 1. The molecular weight excluding hydrogens is 506 g/mol. The van der Waals surface area contributed by atoms with Gasteiger partial charge < -0.3 is 25.8 Å². The fourth-order valence-electron chi connectivity index (χ4n) is 3.90. The van der Waals surface area contributed by atoms with Crippen LogP contribution in [0.15, 0.2) is 52.8 Å².